The van der Waals surface area contributed by atoms with Crippen LogP contribution in [0.5, 0.6) is 0 Å². The molecule has 0 aliphatic carbocycles. The zero-order valence-corrected chi connectivity index (χ0v) is 29.6. The summed E-state index contributed by atoms with van der Waals surface area (Å²) < 4.78 is 37.3. The van der Waals surface area contributed by atoms with Crippen molar-refractivity contribution in [1.82, 2.24) is 10.6 Å². The smallest absolute Gasteiger partial charge is 0.329 e. The van der Waals surface area contributed by atoms with Gasteiger partial charge >= 0.3 is 5.97 Å². The molecule has 0 spiro atoms. The predicted molar refractivity (Wildman–Crippen MR) is 192 cm³/mol. The van der Waals surface area contributed by atoms with Crippen molar-refractivity contribution in [3.63, 3.8) is 0 Å². The Labute approximate surface area is 304 Å². The number of nitrogens with zero attached hydrogens (tertiary/aromatic N) is 1. The molecule has 0 saturated carbocycles. The highest BCUT2D eigenvalue weighted by Gasteiger charge is 2.21. The zero-order chi connectivity index (χ0) is 37.1. The van der Waals surface area contributed by atoms with Crippen molar-refractivity contribution in [2.45, 2.75) is 19.4 Å². The van der Waals surface area contributed by atoms with E-state index in [2.05, 4.69) is 21.4 Å². The second kappa shape index (κ2) is 26.5. The maximum atomic E-state index is 13.3. The van der Waals surface area contributed by atoms with Gasteiger partial charge in [0.1, 0.15) is 13.2 Å². The molecule has 3 rings (SSSR count). The van der Waals surface area contributed by atoms with Gasteiger partial charge in [0.25, 0.3) is 0 Å². The van der Waals surface area contributed by atoms with E-state index < -0.39 is 18.5 Å². The van der Waals surface area contributed by atoms with Crippen LogP contribution in [-0.2, 0) is 58.9 Å². The van der Waals surface area contributed by atoms with Crippen LogP contribution in [0.25, 0.3) is 12.2 Å². The van der Waals surface area contributed by atoms with E-state index in [0.717, 1.165) is 22.4 Å². The Kier molecular flexibility index (Phi) is 21.5. The monoisotopic (exact) mass is 729 g/mol. The molecule has 15 nitrogen and oxygen atoms in total. The van der Waals surface area contributed by atoms with E-state index in [1.165, 1.54) is 0 Å². The molecule has 15 heteroatoms. The molecule has 1 aliphatic rings. The van der Waals surface area contributed by atoms with Gasteiger partial charge in [-0.1, -0.05) is 54.6 Å². The van der Waals surface area contributed by atoms with Crippen molar-refractivity contribution in [2.24, 2.45) is 0 Å². The quantitative estimate of drug-likeness (QED) is 0.109. The summed E-state index contributed by atoms with van der Waals surface area (Å²) in [6, 6.07) is 15.8. The van der Waals surface area contributed by atoms with Gasteiger partial charge in [0.2, 0.25) is 17.7 Å². The van der Waals surface area contributed by atoms with E-state index in [-0.39, 0.29) is 37.8 Å². The standard InChI is InChI=1S/C37H51N3O12/c41-34(11-12-36(43)40-27-32-7-2-1-5-30(32)9-10-31-6-3-4-8-33(31)40)38-13-15-46-17-19-48-21-23-50-25-26-51-24-22-49-20-18-47-16-14-39-35(42)28-52-29-37(44)45/h1-10H,11-29H2,(H,38,41)(H,39,42)(H,44,45)/b10-9-. The zero-order valence-electron chi connectivity index (χ0n) is 29.6. The molecule has 0 atom stereocenters. The molecule has 0 saturated heterocycles. The van der Waals surface area contributed by atoms with E-state index in [1.54, 1.807) is 4.90 Å². The maximum absolute atomic E-state index is 13.3. The number of fused-ring (bicyclic) bond motifs is 2. The lowest BCUT2D eigenvalue weighted by molar-refractivity contribution is -0.143. The summed E-state index contributed by atoms with van der Waals surface area (Å²) >= 11 is 0. The fourth-order valence-corrected chi connectivity index (χ4v) is 4.83. The third kappa shape index (κ3) is 18.3. The Balaban J connectivity index is 1.07. The summed E-state index contributed by atoms with van der Waals surface area (Å²) in [6.07, 6.45) is 4.28. The number of para-hydroxylation sites is 1. The first-order chi connectivity index (χ1) is 25.4. The lowest BCUT2D eigenvalue weighted by atomic mass is 10.0. The molecule has 0 fully saturated rings. The molecule has 0 aromatic heterocycles. The number of anilines is 1. The topological polar surface area (TPSA) is 180 Å². The van der Waals surface area contributed by atoms with Crippen molar-refractivity contribution < 1.29 is 57.4 Å². The van der Waals surface area contributed by atoms with Crippen molar-refractivity contribution in [3.05, 3.63) is 65.2 Å². The number of carboxylic acids is 1. The highest BCUT2D eigenvalue weighted by molar-refractivity contribution is 5.98. The number of rotatable bonds is 28. The third-order valence-corrected chi connectivity index (χ3v) is 7.38. The summed E-state index contributed by atoms with van der Waals surface area (Å²) in [7, 11) is 0. The molecule has 2 aromatic rings. The average molecular weight is 730 g/mol. The molecule has 0 bridgehead atoms. The lowest BCUT2D eigenvalue weighted by Gasteiger charge is -2.27. The number of carboxylic acid groups (broad SMARTS) is 1. The molecule has 3 N–H and O–H groups in total. The molecular weight excluding hydrogens is 678 g/mol. The van der Waals surface area contributed by atoms with Crippen LogP contribution in [0.15, 0.2) is 48.5 Å². The van der Waals surface area contributed by atoms with Gasteiger partial charge in [-0.25, -0.2) is 4.79 Å². The number of nitrogens with one attached hydrogen (secondary N) is 2. The van der Waals surface area contributed by atoms with E-state index in [0.29, 0.717) is 92.4 Å². The van der Waals surface area contributed by atoms with Crippen LogP contribution in [0.3, 0.4) is 0 Å². The number of carbonyl (C=O) groups excluding carboxylic acids is 3. The average Bonchev–Trinajstić information content (AvgIpc) is 3.13. The first-order valence-electron chi connectivity index (χ1n) is 17.4. The van der Waals surface area contributed by atoms with Gasteiger partial charge in [0.05, 0.1) is 91.5 Å². The van der Waals surface area contributed by atoms with Crippen LogP contribution in [-0.4, -0.2) is 134 Å². The van der Waals surface area contributed by atoms with Gasteiger partial charge < -0.3 is 53.8 Å². The second-order valence-electron chi connectivity index (χ2n) is 11.3. The second-order valence-corrected chi connectivity index (χ2v) is 11.3. The summed E-state index contributed by atoms with van der Waals surface area (Å²) in [5.74, 6) is -1.84. The summed E-state index contributed by atoms with van der Waals surface area (Å²) in [5.41, 5.74) is 3.91. The highest BCUT2D eigenvalue weighted by atomic mass is 16.6. The van der Waals surface area contributed by atoms with Crippen LogP contribution < -0.4 is 15.5 Å². The van der Waals surface area contributed by atoms with Crippen molar-refractivity contribution in [3.8, 4) is 0 Å². The number of carbonyl (C=O) groups is 4. The van der Waals surface area contributed by atoms with Gasteiger partial charge in [-0.05, 0) is 22.8 Å². The van der Waals surface area contributed by atoms with Crippen LogP contribution in [0.4, 0.5) is 5.69 Å². The minimum Gasteiger partial charge on any atom is -0.480 e. The number of aliphatic carboxylic acids is 1. The van der Waals surface area contributed by atoms with Gasteiger partial charge in [-0.3, -0.25) is 14.4 Å². The molecule has 286 valence electrons. The molecule has 0 radical (unpaired) electrons. The van der Waals surface area contributed by atoms with Crippen LogP contribution in [0.2, 0.25) is 0 Å². The number of amides is 3. The molecule has 1 heterocycles. The van der Waals surface area contributed by atoms with Crippen LogP contribution >= 0.6 is 0 Å². The molecule has 0 unspecified atom stereocenters. The van der Waals surface area contributed by atoms with Gasteiger partial charge in [0.15, 0.2) is 0 Å². The van der Waals surface area contributed by atoms with Gasteiger partial charge in [-0.15, -0.1) is 0 Å². The summed E-state index contributed by atoms with van der Waals surface area (Å²) in [4.78, 5) is 49.2. The maximum Gasteiger partial charge on any atom is 0.329 e. The summed E-state index contributed by atoms with van der Waals surface area (Å²) in [6.45, 7) is 4.95. The number of benzene rings is 2. The minimum absolute atomic E-state index is 0.0932. The Morgan fingerprint density at radius 3 is 1.62 bits per heavy atom. The predicted octanol–water partition coefficient (Wildman–Crippen LogP) is 1.92. The van der Waals surface area contributed by atoms with Crippen molar-refractivity contribution >= 4 is 41.5 Å². The Morgan fingerprint density at radius 1 is 0.558 bits per heavy atom. The fraction of sp³-hybridized carbons (Fsp3) is 0.514. The molecule has 1 aliphatic heterocycles. The van der Waals surface area contributed by atoms with Gasteiger partial charge in [0, 0.05) is 25.9 Å². The largest absolute Gasteiger partial charge is 0.480 e. The molecular formula is C37H51N3O12. The van der Waals surface area contributed by atoms with Crippen molar-refractivity contribution in [1.29, 1.82) is 0 Å². The molecule has 2 aromatic carbocycles. The Bertz CT molecular complexity index is 1390. The number of hydrogen-bond acceptors (Lipinski definition) is 11. The molecule has 3 amide bonds. The van der Waals surface area contributed by atoms with E-state index >= 15 is 0 Å². The number of hydrogen-bond donors (Lipinski definition) is 3. The molecule has 52 heavy (non-hydrogen) atoms. The highest BCUT2D eigenvalue weighted by Crippen LogP contribution is 2.29. The van der Waals surface area contributed by atoms with E-state index in [9.17, 15) is 19.2 Å². The first kappa shape index (κ1) is 42.2. The van der Waals surface area contributed by atoms with Crippen molar-refractivity contribution in [2.75, 3.05) is 110 Å². The van der Waals surface area contributed by atoms with Gasteiger partial charge in [-0.2, -0.15) is 0 Å². The lowest BCUT2D eigenvalue weighted by Crippen LogP contribution is -2.33. The minimum atomic E-state index is -1.13. The SMILES string of the molecule is O=C(O)COCC(=O)NCCOCCOCCOCCOCCOCCOCCNC(=O)CCC(=O)N1Cc2ccccc2/C=C\c2ccccc21. The third-order valence-electron chi connectivity index (χ3n) is 7.38. The van der Waals surface area contributed by atoms with Crippen LogP contribution in [0, 0.1) is 0 Å². The normalized spacial score (nSPS) is 12.7. The number of ether oxygens (including phenoxy) is 7. The Hall–Kier alpha value is -4.22. The van der Waals surface area contributed by atoms with Crippen LogP contribution in [0.1, 0.15) is 29.5 Å². The fourth-order valence-electron chi connectivity index (χ4n) is 4.83. The van der Waals surface area contributed by atoms with E-state index in [1.807, 2.05) is 54.6 Å². The van der Waals surface area contributed by atoms with E-state index in [4.69, 9.17) is 33.5 Å². The Morgan fingerprint density at radius 2 is 1.04 bits per heavy atom. The first-order valence-corrected chi connectivity index (χ1v) is 17.4. The summed E-state index contributed by atoms with van der Waals surface area (Å²) in [5, 5.41) is 13.8.